The summed E-state index contributed by atoms with van der Waals surface area (Å²) < 4.78 is 5.32. The van der Waals surface area contributed by atoms with Gasteiger partial charge in [-0.2, -0.15) is 0 Å². The lowest BCUT2D eigenvalue weighted by Crippen LogP contribution is -2.25. The van der Waals surface area contributed by atoms with Gasteiger partial charge in [-0.05, 0) is 32.9 Å². The number of nitro benzene ring substituents is 1. The predicted molar refractivity (Wildman–Crippen MR) is 100 cm³/mol. The van der Waals surface area contributed by atoms with E-state index >= 15 is 0 Å². The number of fused-ring (bicyclic) bond motifs is 1. The number of nitrogens with zero attached hydrogens (tertiary/aromatic N) is 1. The lowest BCUT2D eigenvalue weighted by molar-refractivity contribution is -0.385. The van der Waals surface area contributed by atoms with E-state index in [2.05, 4.69) is 4.98 Å². The molecular formula is C20H18N2O5. The second-order valence-electron chi connectivity index (χ2n) is 6.29. The summed E-state index contributed by atoms with van der Waals surface area (Å²) in [4.78, 5) is 39.0. The number of esters is 1. The van der Waals surface area contributed by atoms with Crippen molar-refractivity contribution < 1.29 is 19.2 Å². The molecule has 0 radical (unpaired) electrons. The van der Waals surface area contributed by atoms with Gasteiger partial charge < -0.3 is 9.72 Å². The number of aromatic nitrogens is 1. The highest BCUT2D eigenvalue weighted by molar-refractivity contribution is 6.11. The van der Waals surface area contributed by atoms with E-state index in [0.717, 1.165) is 10.9 Å². The van der Waals surface area contributed by atoms with E-state index in [0.29, 0.717) is 11.3 Å². The number of nitrogens with one attached hydrogen (secondary N) is 1. The molecule has 1 N–H and O–H groups in total. The number of carbonyl (C=O) groups is 2. The Kier molecular flexibility index (Phi) is 4.77. The highest BCUT2D eigenvalue weighted by Gasteiger charge is 2.26. The van der Waals surface area contributed by atoms with Crippen LogP contribution in [0, 0.1) is 24.0 Å². The number of nitro groups is 1. The van der Waals surface area contributed by atoms with Gasteiger partial charge in [0.2, 0.25) is 5.78 Å². The van der Waals surface area contributed by atoms with Crippen LogP contribution in [-0.2, 0) is 4.74 Å². The second kappa shape index (κ2) is 7.03. The molecule has 0 unspecified atom stereocenters. The summed E-state index contributed by atoms with van der Waals surface area (Å²) in [5.41, 5.74) is 2.09. The minimum atomic E-state index is -1.03. The van der Waals surface area contributed by atoms with E-state index in [1.54, 1.807) is 6.92 Å². The van der Waals surface area contributed by atoms with Gasteiger partial charge in [0.25, 0.3) is 5.69 Å². The van der Waals surface area contributed by atoms with Crippen molar-refractivity contribution in [2.45, 2.75) is 26.9 Å². The Morgan fingerprint density at radius 2 is 1.81 bits per heavy atom. The molecule has 1 heterocycles. The van der Waals surface area contributed by atoms with Crippen molar-refractivity contribution in [3.63, 3.8) is 0 Å². The summed E-state index contributed by atoms with van der Waals surface area (Å²) in [5, 5.41) is 11.8. The lowest BCUT2D eigenvalue weighted by Gasteiger charge is -2.13. The van der Waals surface area contributed by atoms with E-state index in [1.165, 1.54) is 32.0 Å². The molecule has 2 aromatic carbocycles. The highest BCUT2D eigenvalue weighted by Crippen LogP contribution is 2.25. The summed E-state index contributed by atoms with van der Waals surface area (Å²) in [5.74, 6) is -1.10. The molecule has 0 saturated heterocycles. The first-order valence-corrected chi connectivity index (χ1v) is 8.37. The Bertz CT molecular complexity index is 1070. The molecule has 3 rings (SSSR count). The molecule has 138 valence electrons. The number of aryl methyl sites for hydroxylation is 1. The van der Waals surface area contributed by atoms with Crippen LogP contribution in [0.3, 0.4) is 0 Å². The molecule has 0 saturated carbocycles. The van der Waals surface area contributed by atoms with Gasteiger partial charge in [-0.15, -0.1) is 0 Å². The van der Waals surface area contributed by atoms with Crippen LogP contribution in [0.4, 0.5) is 5.69 Å². The summed E-state index contributed by atoms with van der Waals surface area (Å²) in [6.07, 6.45) is -1.03. The van der Waals surface area contributed by atoms with Gasteiger partial charge in [0.1, 0.15) is 0 Å². The number of hydrogen-bond acceptors (Lipinski definition) is 5. The average molecular weight is 366 g/mol. The summed E-state index contributed by atoms with van der Waals surface area (Å²) in [6.45, 7) is 4.76. The summed E-state index contributed by atoms with van der Waals surface area (Å²) in [6, 6.07) is 11.6. The Labute approximate surface area is 155 Å². The minimum absolute atomic E-state index is 0.0690. The summed E-state index contributed by atoms with van der Waals surface area (Å²) >= 11 is 0. The molecule has 0 aliphatic carbocycles. The third kappa shape index (κ3) is 3.31. The van der Waals surface area contributed by atoms with Crippen molar-refractivity contribution in [3.8, 4) is 0 Å². The van der Waals surface area contributed by atoms with Crippen molar-refractivity contribution in [2.75, 3.05) is 0 Å². The van der Waals surface area contributed by atoms with Crippen LogP contribution >= 0.6 is 0 Å². The molecule has 0 spiro atoms. The SMILES string of the molecule is Cc1[nH]c2ccccc2c1C(=O)[C@H](C)OC(=O)c1cccc([N+](=O)[O-])c1C. The standard InChI is InChI=1S/C20H18N2O5/c1-11-14(8-6-10-17(11)22(25)26)20(24)27-13(3)19(23)18-12(2)21-16-9-5-4-7-15(16)18/h4-10,13,21H,1-3H3/t13-/m0/s1. The van der Waals surface area contributed by atoms with Crippen LogP contribution in [0.25, 0.3) is 10.9 Å². The third-order valence-corrected chi connectivity index (χ3v) is 4.51. The van der Waals surface area contributed by atoms with Crippen molar-refractivity contribution in [1.82, 2.24) is 4.98 Å². The molecule has 27 heavy (non-hydrogen) atoms. The maximum absolute atomic E-state index is 12.9. The molecule has 1 aromatic heterocycles. The van der Waals surface area contributed by atoms with Crippen LogP contribution in [-0.4, -0.2) is 27.8 Å². The van der Waals surface area contributed by atoms with Crippen LogP contribution in [0.15, 0.2) is 42.5 Å². The molecule has 0 fully saturated rings. The molecule has 3 aromatic rings. The smallest absolute Gasteiger partial charge is 0.339 e. The maximum atomic E-state index is 12.9. The first-order valence-electron chi connectivity index (χ1n) is 8.37. The number of hydrogen-bond donors (Lipinski definition) is 1. The van der Waals surface area contributed by atoms with Crippen molar-refractivity contribution in [2.24, 2.45) is 0 Å². The van der Waals surface area contributed by atoms with Crippen LogP contribution in [0.5, 0.6) is 0 Å². The van der Waals surface area contributed by atoms with E-state index in [1.807, 2.05) is 24.3 Å². The molecule has 7 nitrogen and oxygen atoms in total. The number of carbonyl (C=O) groups excluding carboxylic acids is 2. The lowest BCUT2D eigenvalue weighted by atomic mass is 10.0. The molecule has 0 aliphatic rings. The molecule has 7 heteroatoms. The number of ether oxygens (including phenoxy) is 1. The van der Waals surface area contributed by atoms with Crippen LogP contribution in [0.1, 0.15) is 38.9 Å². The van der Waals surface area contributed by atoms with Gasteiger partial charge in [-0.25, -0.2) is 4.79 Å². The molecule has 0 aliphatic heterocycles. The van der Waals surface area contributed by atoms with Gasteiger partial charge in [-0.1, -0.05) is 24.3 Å². The minimum Gasteiger partial charge on any atom is -0.451 e. The first kappa shape index (κ1) is 18.3. The van der Waals surface area contributed by atoms with Gasteiger partial charge in [0.15, 0.2) is 6.10 Å². The van der Waals surface area contributed by atoms with E-state index in [-0.39, 0.29) is 22.6 Å². The Morgan fingerprint density at radius 1 is 1.11 bits per heavy atom. The fourth-order valence-corrected chi connectivity index (χ4v) is 3.12. The summed E-state index contributed by atoms with van der Waals surface area (Å²) in [7, 11) is 0. The van der Waals surface area contributed by atoms with Gasteiger partial charge in [0, 0.05) is 33.8 Å². The van der Waals surface area contributed by atoms with Gasteiger partial charge in [-0.3, -0.25) is 14.9 Å². The molecule has 0 bridgehead atoms. The Hall–Kier alpha value is -3.48. The number of para-hydroxylation sites is 1. The number of H-pyrrole nitrogens is 1. The molecule has 0 amide bonds. The quantitative estimate of drug-likeness (QED) is 0.317. The van der Waals surface area contributed by atoms with Crippen molar-refractivity contribution in [3.05, 3.63) is 75.0 Å². The van der Waals surface area contributed by atoms with Gasteiger partial charge >= 0.3 is 5.97 Å². The molecular weight excluding hydrogens is 348 g/mol. The number of benzene rings is 2. The fraction of sp³-hybridized carbons (Fsp3) is 0.200. The van der Waals surface area contributed by atoms with Gasteiger partial charge in [0.05, 0.1) is 10.5 Å². The monoisotopic (exact) mass is 366 g/mol. The zero-order chi connectivity index (χ0) is 19.7. The van der Waals surface area contributed by atoms with Crippen LogP contribution in [0.2, 0.25) is 0 Å². The maximum Gasteiger partial charge on any atom is 0.339 e. The van der Waals surface area contributed by atoms with E-state index in [9.17, 15) is 19.7 Å². The number of ketones is 1. The number of rotatable bonds is 5. The zero-order valence-corrected chi connectivity index (χ0v) is 15.1. The Morgan fingerprint density at radius 3 is 2.52 bits per heavy atom. The third-order valence-electron chi connectivity index (χ3n) is 4.51. The normalized spacial score (nSPS) is 12.0. The van der Waals surface area contributed by atoms with E-state index in [4.69, 9.17) is 4.74 Å². The second-order valence-corrected chi connectivity index (χ2v) is 6.29. The Balaban J connectivity index is 1.87. The molecule has 1 atom stereocenters. The average Bonchev–Trinajstić information content (AvgIpc) is 2.96. The van der Waals surface area contributed by atoms with E-state index < -0.39 is 17.0 Å². The van der Waals surface area contributed by atoms with Crippen LogP contribution < -0.4 is 0 Å². The highest BCUT2D eigenvalue weighted by atomic mass is 16.6. The first-order chi connectivity index (χ1) is 12.8. The predicted octanol–water partition coefficient (Wildman–Crippen LogP) is 4.12. The van der Waals surface area contributed by atoms with Crippen molar-refractivity contribution in [1.29, 1.82) is 0 Å². The fourth-order valence-electron chi connectivity index (χ4n) is 3.12. The number of Topliss-reactive ketones (excluding diaryl/α,β-unsaturated/α-hetero) is 1. The van der Waals surface area contributed by atoms with Crippen molar-refractivity contribution >= 4 is 28.3 Å². The topological polar surface area (TPSA) is 102 Å². The zero-order valence-electron chi connectivity index (χ0n) is 15.1. The number of aromatic amines is 1. The largest absolute Gasteiger partial charge is 0.451 e.